The summed E-state index contributed by atoms with van der Waals surface area (Å²) in [6, 6.07) is 11.1. The Hall–Kier alpha value is -2.86. The van der Waals surface area contributed by atoms with Crippen LogP contribution in [0.2, 0.25) is 0 Å². The molecule has 0 bridgehead atoms. The molecule has 0 heterocycles. The van der Waals surface area contributed by atoms with Gasteiger partial charge < -0.3 is 52.7 Å². The zero-order valence-electron chi connectivity index (χ0n) is 29.0. The highest BCUT2D eigenvalue weighted by molar-refractivity contribution is 5.96. The quantitative estimate of drug-likeness (QED) is 0.0819. The fourth-order valence-corrected chi connectivity index (χ4v) is 3.95. The Morgan fingerprint density at radius 3 is 1.44 bits per heavy atom. The number of ether oxygens (including phenoxy) is 10. The van der Waals surface area contributed by atoms with E-state index in [0.717, 1.165) is 12.1 Å². The largest absolute Gasteiger partial charge is 0.460 e. The van der Waals surface area contributed by atoms with Crippen LogP contribution in [0.3, 0.4) is 0 Å². The van der Waals surface area contributed by atoms with Crippen molar-refractivity contribution >= 4 is 17.3 Å². The highest BCUT2D eigenvalue weighted by Gasteiger charge is 2.30. The van der Waals surface area contributed by atoms with Gasteiger partial charge in [-0.1, -0.05) is 18.2 Å². The van der Waals surface area contributed by atoms with Crippen molar-refractivity contribution in [2.45, 2.75) is 26.1 Å². The van der Waals surface area contributed by atoms with Crippen LogP contribution in [0.15, 0.2) is 48.5 Å². The molecule has 0 saturated heterocycles. The number of hydrogen-bond donors (Lipinski definition) is 1. The molecular weight excluding hydrogens is 667 g/mol. The van der Waals surface area contributed by atoms with Crippen molar-refractivity contribution in [2.75, 3.05) is 124 Å². The van der Waals surface area contributed by atoms with Crippen LogP contribution < -0.4 is 5.32 Å². The zero-order chi connectivity index (χ0) is 36.1. The van der Waals surface area contributed by atoms with Crippen molar-refractivity contribution in [3.05, 3.63) is 59.7 Å². The summed E-state index contributed by atoms with van der Waals surface area (Å²) in [7, 11) is 0. The standard InChI is InChI=1S/C35H52F3NO11/c1-29(2)49-26-24-47-22-20-45-18-16-43-14-12-41-10-11-42-13-15-44-17-19-46-21-23-48-25-27-50-34(40)32-8-3-4-9-33(32)39-31-7-5-6-30(28-31)35(36,37)38/h3-9,28-29,39H,10-27H2,1-2H3. The molecule has 0 aliphatic heterocycles. The smallest absolute Gasteiger partial charge is 0.416 e. The fraction of sp³-hybridized carbons (Fsp3) is 0.629. The molecule has 0 aliphatic rings. The number of para-hydroxylation sites is 1. The Morgan fingerprint density at radius 2 is 1.00 bits per heavy atom. The summed E-state index contributed by atoms with van der Waals surface area (Å²) in [5.41, 5.74) is -0.0849. The number of carbonyl (C=O) groups is 1. The van der Waals surface area contributed by atoms with Crippen molar-refractivity contribution in [1.29, 1.82) is 0 Å². The van der Waals surface area contributed by atoms with Crippen molar-refractivity contribution in [1.82, 2.24) is 0 Å². The monoisotopic (exact) mass is 719 g/mol. The fourth-order valence-electron chi connectivity index (χ4n) is 3.95. The van der Waals surface area contributed by atoms with Crippen molar-refractivity contribution in [3.63, 3.8) is 0 Å². The summed E-state index contributed by atoms with van der Waals surface area (Å²) in [6.45, 7) is 11.6. The zero-order valence-corrected chi connectivity index (χ0v) is 29.0. The average Bonchev–Trinajstić information content (AvgIpc) is 3.09. The first kappa shape index (κ1) is 43.3. The van der Waals surface area contributed by atoms with E-state index in [1.807, 2.05) is 13.8 Å². The van der Waals surface area contributed by atoms with E-state index in [-0.39, 0.29) is 30.6 Å². The van der Waals surface area contributed by atoms with Gasteiger partial charge >= 0.3 is 12.1 Å². The van der Waals surface area contributed by atoms with Gasteiger partial charge in [0.2, 0.25) is 0 Å². The lowest BCUT2D eigenvalue weighted by Gasteiger charge is -2.13. The third kappa shape index (κ3) is 22.1. The van der Waals surface area contributed by atoms with Gasteiger partial charge in [0, 0.05) is 5.69 Å². The number of esters is 1. The van der Waals surface area contributed by atoms with Gasteiger partial charge in [-0.05, 0) is 44.2 Å². The number of carbonyl (C=O) groups excluding carboxylic acids is 1. The topological polar surface area (TPSA) is 121 Å². The predicted molar refractivity (Wildman–Crippen MR) is 179 cm³/mol. The first-order chi connectivity index (χ1) is 24.3. The van der Waals surface area contributed by atoms with Gasteiger partial charge in [-0.2, -0.15) is 13.2 Å². The van der Waals surface area contributed by atoms with E-state index in [9.17, 15) is 18.0 Å². The maximum atomic E-state index is 13.0. The van der Waals surface area contributed by atoms with E-state index in [2.05, 4.69) is 5.32 Å². The summed E-state index contributed by atoms with van der Waals surface area (Å²) in [5, 5.41) is 2.86. The molecule has 0 fully saturated rings. The third-order valence-electron chi connectivity index (χ3n) is 6.36. The van der Waals surface area contributed by atoms with E-state index >= 15 is 0 Å². The first-order valence-electron chi connectivity index (χ1n) is 16.7. The van der Waals surface area contributed by atoms with E-state index in [1.54, 1.807) is 18.2 Å². The Labute approximate surface area is 292 Å². The van der Waals surface area contributed by atoms with Crippen LogP contribution in [0.5, 0.6) is 0 Å². The molecule has 0 aliphatic carbocycles. The van der Waals surface area contributed by atoms with Crippen LogP contribution in [0.4, 0.5) is 24.5 Å². The van der Waals surface area contributed by atoms with Gasteiger partial charge in [-0.3, -0.25) is 0 Å². The number of hydrogen-bond acceptors (Lipinski definition) is 12. The van der Waals surface area contributed by atoms with Crippen LogP contribution in [0.25, 0.3) is 0 Å². The van der Waals surface area contributed by atoms with Crippen LogP contribution in [0, 0.1) is 0 Å². The molecule has 15 heteroatoms. The van der Waals surface area contributed by atoms with Gasteiger partial charge in [0.15, 0.2) is 0 Å². The predicted octanol–water partition coefficient (Wildman–Crippen LogP) is 5.16. The Balaban J connectivity index is 1.33. The highest BCUT2D eigenvalue weighted by Crippen LogP contribution is 2.32. The summed E-state index contributed by atoms with van der Waals surface area (Å²) < 4.78 is 93.3. The third-order valence-corrected chi connectivity index (χ3v) is 6.36. The van der Waals surface area contributed by atoms with Gasteiger partial charge in [0.05, 0.1) is 135 Å². The van der Waals surface area contributed by atoms with Crippen LogP contribution in [-0.4, -0.2) is 131 Å². The van der Waals surface area contributed by atoms with Gasteiger partial charge in [0.1, 0.15) is 6.61 Å². The maximum absolute atomic E-state index is 13.0. The molecule has 2 rings (SSSR count). The minimum Gasteiger partial charge on any atom is -0.460 e. The van der Waals surface area contributed by atoms with Crippen LogP contribution >= 0.6 is 0 Å². The van der Waals surface area contributed by atoms with Crippen molar-refractivity contribution in [2.24, 2.45) is 0 Å². The lowest BCUT2D eigenvalue weighted by atomic mass is 10.1. The summed E-state index contributed by atoms with van der Waals surface area (Å²) in [6.07, 6.45) is -4.26. The lowest BCUT2D eigenvalue weighted by molar-refractivity contribution is -0.137. The summed E-state index contributed by atoms with van der Waals surface area (Å²) in [5.74, 6) is -0.627. The van der Waals surface area contributed by atoms with E-state index < -0.39 is 17.7 Å². The molecular formula is C35H52F3NO11. The highest BCUT2D eigenvalue weighted by atomic mass is 19.4. The molecule has 0 unspecified atom stereocenters. The lowest BCUT2D eigenvalue weighted by Crippen LogP contribution is -2.16. The Kier molecular flexibility index (Phi) is 24.1. The van der Waals surface area contributed by atoms with E-state index in [1.165, 1.54) is 18.2 Å². The van der Waals surface area contributed by atoms with Gasteiger partial charge in [0.25, 0.3) is 0 Å². The number of nitrogens with one attached hydrogen (secondary N) is 1. The first-order valence-corrected chi connectivity index (χ1v) is 16.7. The number of rotatable bonds is 31. The van der Waals surface area contributed by atoms with Crippen LogP contribution in [-0.2, 0) is 53.5 Å². The van der Waals surface area contributed by atoms with Gasteiger partial charge in [-0.15, -0.1) is 0 Å². The maximum Gasteiger partial charge on any atom is 0.416 e. The Morgan fingerprint density at radius 1 is 0.580 bits per heavy atom. The molecule has 0 radical (unpaired) electrons. The molecule has 2 aromatic carbocycles. The molecule has 0 amide bonds. The molecule has 284 valence electrons. The number of halogens is 3. The average molecular weight is 720 g/mol. The van der Waals surface area contributed by atoms with Crippen LogP contribution in [0.1, 0.15) is 29.8 Å². The summed E-state index contributed by atoms with van der Waals surface area (Å²) >= 11 is 0. The van der Waals surface area contributed by atoms with Gasteiger partial charge in [-0.25, -0.2) is 4.79 Å². The van der Waals surface area contributed by atoms with E-state index in [4.69, 9.17) is 47.4 Å². The summed E-state index contributed by atoms with van der Waals surface area (Å²) in [4.78, 5) is 12.6. The van der Waals surface area contributed by atoms with Crippen molar-refractivity contribution < 1.29 is 65.3 Å². The van der Waals surface area contributed by atoms with Crippen molar-refractivity contribution in [3.8, 4) is 0 Å². The second kappa shape index (κ2) is 27.8. The molecule has 0 atom stereocenters. The SMILES string of the molecule is CC(C)OCCOCCOCCOCCOCCOCCOCCOCCOCCOC(=O)c1ccccc1Nc1cccc(C(F)(F)F)c1. The molecule has 1 N–H and O–H groups in total. The molecule has 0 saturated carbocycles. The second-order valence-electron chi connectivity index (χ2n) is 10.7. The molecule has 2 aromatic rings. The number of alkyl halides is 3. The molecule has 50 heavy (non-hydrogen) atoms. The number of anilines is 2. The second-order valence-corrected chi connectivity index (χ2v) is 10.7. The molecule has 12 nitrogen and oxygen atoms in total. The minimum atomic E-state index is -4.48. The molecule has 0 spiro atoms. The normalized spacial score (nSPS) is 11.7. The minimum absolute atomic E-state index is 0.000828. The molecule has 0 aromatic heterocycles. The Bertz CT molecular complexity index is 1140. The number of benzene rings is 2. The van der Waals surface area contributed by atoms with E-state index in [0.29, 0.717) is 111 Å².